The van der Waals surface area contributed by atoms with Crippen LogP contribution in [0.5, 0.6) is 0 Å². The Morgan fingerprint density at radius 3 is 1.50 bits per heavy atom. The summed E-state index contributed by atoms with van der Waals surface area (Å²) in [7, 11) is 0. The van der Waals surface area contributed by atoms with Gasteiger partial charge < -0.3 is 9.47 Å². The molecule has 4 unspecified atom stereocenters. The van der Waals surface area contributed by atoms with Crippen LogP contribution in [-0.4, -0.2) is 24.1 Å². The van der Waals surface area contributed by atoms with Crippen LogP contribution in [0, 0.1) is 35.5 Å². The maximum Gasteiger partial charge on any atom is 0.338 e. The molecule has 4 saturated carbocycles. The molecular formula is C26H26O4. The van der Waals surface area contributed by atoms with E-state index >= 15 is 0 Å². The second-order valence-electron chi connectivity index (χ2n) is 9.52. The van der Waals surface area contributed by atoms with Crippen molar-refractivity contribution < 1.29 is 19.1 Å². The van der Waals surface area contributed by atoms with Crippen LogP contribution >= 0.6 is 0 Å². The first-order chi connectivity index (χ1) is 14.7. The lowest BCUT2D eigenvalue weighted by Crippen LogP contribution is -2.48. The van der Waals surface area contributed by atoms with E-state index in [4.69, 9.17) is 9.47 Å². The molecule has 0 aliphatic heterocycles. The summed E-state index contributed by atoms with van der Waals surface area (Å²) in [4.78, 5) is 25.7. The van der Waals surface area contributed by atoms with Crippen molar-refractivity contribution in [2.75, 3.05) is 0 Å². The molecule has 4 bridgehead atoms. The number of hydrogen-bond acceptors (Lipinski definition) is 4. The number of esters is 2. The highest BCUT2D eigenvalue weighted by molar-refractivity contribution is 5.90. The van der Waals surface area contributed by atoms with Gasteiger partial charge in [0.15, 0.2) is 0 Å². The van der Waals surface area contributed by atoms with Gasteiger partial charge in [-0.15, -0.1) is 0 Å². The highest BCUT2D eigenvalue weighted by Gasteiger charge is 2.68. The van der Waals surface area contributed by atoms with E-state index in [9.17, 15) is 9.59 Å². The zero-order chi connectivity index (χ0) is 20.2. The molecule has 0 heterocycles. The Labute approximate surface area is 176 Å². The number of fused-ring (bicyclic) bond motifs is 9. The predicted octanol–water partition coefficient (Wildman–Crippen LogP) is 4.75. The van der Waals surface area contributed by atoms with Crippen LogP contribution < -0.4 is 0 Å². The fourth-order valence-electron chi connectivity index (χ4n) is 7.31. The number of rotatable bonds is 4. The zero-order valence-corrected chi connectivity index (χ0v) is 16.9. The summed E-state index contributed by atoms with van der Waals surface area (Å²) in [5.41, 5.74) is 1.11. The van der Waals surface area contributed by atoms with Crippen LogP contribution in [-0.2, 0) is 9.47 Å². The Bertz CT molecular complexity index is 878. The Balaban J connectivity index is 1.28. The Morgan fingerprint density at radius 1 is 0.633 bits per heavy atom. The molecule has 2 aromatic rings. The van der Waals surface area contributed by atoms with Crippen LogP contribution in [0.3, 0.4) is 0 Å². The first-order valence-electron chi connectivity index (χ1n) is 11.2. The molecule has 0 amide bonds. The maximum atomic E-state index is 12.9. The Kier molecular flexibility index (Phi) is 4.22. The molecule has 2 aromatic carbocycles. The van der Waals surface area contributed by atoms with Gasteiger partial charge in [-0.2, -0.15) is 0 Å². The standard InChI is InChI=1S/C26H26O4/c27-25(15-7-3-1-4-8-15)29-23-19-14-20(22-18-12-11-17(13-18)21(19)22)24(23)30-26(28)16-9-5-2-6-10-16/h1-10,17-24H,11-14H2/t17-,18+,19+,20-,21?,22?,23?,24?. The normalized spacial score (nSPS) is 37.7. The van der Waals surface area contributed by atoms with Gasteiger partial charge in [0.1, 0.15) is 12.2 Å². The Morgan fingerprint density at radius 2 is 1.07 bits per heavy atom. The van der Waals surface area contributed by atoms with E-state index < -0.39 is 0 Å². The molecule has 0 saturated heterocycles. The van der Waals surface area contributed by atoms with Crippen molar-refractivity contribution >= 4 is 11.9 Å². The number of carbonyl (C=O) groups excluding carboxylic acids is 2. The molecule has 4 aliphatic rings. The monoisotopic (exact) mass is 402 g/mol. The van der Waals surface area contributed by atoms with Gasteiger partial charge in [0.05, 0.1) is 11.1 Å². The van der Waals surface area contributed by atoms with Gasteiger partial charge in [-0.3, -0.25) is 0 Å². The van der Waals surface area contributed by atoms with Crippen molar-refractivity contribution in [3.63, 3.8) is 0 Å². The van der Waals surface area contributed by atoms with Crippen LogP contribution in [0.2, 0.25) is 0 Å². The van der Waals surface area contributed by atoms with E-state index in [2.05, 4.69) is 0 Å². The average molecular weight is 402 g/mol. The van der Waals surface area contributed by atoms with Crippen molar-refractivity contribution in [2.45, 2.75) is 37.9 Å². The van der Waals surface area contributed by atoms with Gasteiger partial charge in [0.2, 0.25) is 0 Å². The van der Waals surface area contributed by atoms with Gasteiger partial charge in [-0.1, -0.05) is 36.4 Å². The maximum absolute atomic E-state index is 12.9. The third-order valence-corrected chi connectivity index (χ3v) is 8.25. The summed E-state index contributed by atoms with van der Waals surface area (Å²) in [5.74, 6) is 2.80. The van der Waals surface area contributed by atoms with Crippen molar-refractivity contribution in [3.8, 4) is 0 Å². The molecule has 4 nitrogen and oxygen atoms in total. The van der Waals surface area contributed by atoms with Crippen LogP contribution in [0.15, 0.2) is 60.7 Å². The number of benzene rings is 2. The summed E-state index contributed by atoms with van der Waals surface area (Å²) < 4.78 is 12.2. The fourth-order valence-corrected chi connectivity index (χ4v) is 7.31. The van der Waals surface area contributed by atoms with Crippen molar-refractivity contribution in [1.82, 2.24) is 0 Å². The molecule has 6 rings (SSSR count). The minimum Gasteiger partial charge on any atom is -0.455 e. The number of hydrogen-bond donors (Lipinski definition) is 0. The van der Waals surface area contributed by atoms with Crippen LogP contribution in [0.4, 0.5) is 0 Å². The van der Waals surface area contributed by atoms with Gasteiger partial charge in [-0.25, -0.2) is 9.59 Å². The van der Waals surface area contributed by atoms with E-state index in [1.807, 2.05) is 36.4 Å². The molecule has 154 valence electrons. The fraction of sp³-hybridized carbons (Fsp3) is 0.462. The second kappa shape index (κ2) is 6.97. The molecule has 0 aromatic heterocycles. The van der Waals surface area contributed by atoms with Crippen molar-refractivity contribution in [3.05, 3.63) is 71.8 Å². The molecule has 30 heavy (non-hydrogen) atoms. The van der Waals surface area contributed by atoms with Gasteiger partial charge in [0.25, 0.3) is 0 Å². The summed E-state index contributed by atoms with van der Waals surface area (Å²) in [6, 6.07) is 18.3. The van der Waals surface area contributed by atoms with E-state index in [1.54, 1.807) is 24.3 Å². The van der Waals surface area contributed by atoms with E-state index in [0.717, 1.165) is 18.3 Å². The lowest BCUT2D eigenvalue weighted by molar-refractivity contribution is -0.0891. The molecule has 4 aliphatic carbocycles. The van der Waals surface area contributed by atoms with Gasteiger partial charge in [0, 0.05) is 11.8 Å². The smallest absolute Gasteiger partial charge is 0.338 e. The average Bonchev–Trinajstić information content (AvgIpc) is 3.55. The molecule has 0 radical (unpaired) electrons. The minimum absolute atomic E-state index is 0.311. The van der Waals surface area contributed by atoms with Gasteiger partial charge in [-0.05, 0) is 73.6 Å². The number of carbonyl (C=O) groups is 2. The van der Waals surface area contributed by atoms with E-state index in [-0.39, 0.29) is 24.1 Å². The molecule has 4 fully saturated rings. The molecular weight excluding hydrogens is 376 g/mol. The molecule has 4 heteroatoms. The predicted molar refractivity (Wildman–Crippen MR) is 111 cm³/mol. The van der Waals surface area contributed by atoms with Gasteiger partial charge >= 0.3 is 11.9 Å². The zero-order valence-electron chi connectivity index (χ0n) is 16.9. The Hall–Kier alpha value is -2.62. The summed E-state index contributed by atoms with van der Waals surface area (Å²) in [6.07, 6.45) is 4.26. The van der Waals surface area contributed by atoms with Crippen LogP contribution in [0.1, 0.15) is 46.4 Å². The first-order valence-corrected chi connectivity index (χ1v) is 11.2. The van der Waals surface area contributed by atoms with Crippen molar-refractivity contribution in [2.24, 2.45) is 35.5 Å². The second-order valence-corrected chi connectivity index (χ2v) is 9.52. The third kappa shape index (κ3) is 2.73. The first kappa shape index (κ1) is 18.2. The van der Waals surface area contributed by atoms with Crippen LogP contribution in [0.25, 0.3) is 0 Å². The lowest BCUT2D eigenvalue weighted by Gasteiger charge is -2.42. The molecule has 8 atom stereocenters. The highest BCUT2D eigenvalue weighted by atomic mass is 16.6. The quantitative estimate of drug-likeness (QED) is 0.547. The van der Waals surface area contributed by atoms with E-state index in [0.29, 0.717) is 34.8 Å². The topological polar surface area (TPSA) is 52.6 Å². The minimum atomic E-state index is -0.337. The molecule has 0 spiro atoms. The SMILES string of the molecule is O=C(OC1C(OC(=O)c2ccccc2)[C@@H]2C[C@H]1C1C2[C@H]2CC[C@@H]1C2)c1ccccc1. The largest absolute Gasteiger partial charge is 0.455 e. The lowest BCUT2D eigenvalue weighted by atomic mass is 9.69. The summed E-state index contributed by atoms with van der Waals surface area (Å²) in [5, 5.41) is 0. The summed E-state index contributed by atoms with van der Waals surface area (Å²) in [6.45, 7) is 0. The highest BCUT2D eigenvalue weighted by Crippen LogP contribution is 2.68. The number of ether oxygens (including phenoxy) is 2. The van der Waals surface area contributed by atoms with Crippen molar-refractivity contribution in [1.29, 1.82) is 0 Å². The summed E-state index contributed by atoms with van der Waals surface area (Å²) >= 11 is 0. The molecule has 0 N–H and O–H groups in total. The van der Waals surface area contributed by atoms with E-state index in [1.165, 1.54) is 19.3 Å². The third-order valence-electron chi connectivity index (χ3n) is 8.25.